The zero-order chi connectivity index (χ0) is 14.7. The van der Waals surface area contributed by atoms with Gasteiger partial charge in [0.1, 0.15) is 5.82 Å². The second kappa shape index (κ2) is 6.24. The molecule has 2 heterocycles. The number of fused-ring (bicyclic) bond motifs is 1. The van der Waals surface area contributed by atoms with Crippen molar-refractivity contribution in [3.63, 3.8) is 0 Å². The van der Waals surface area contributed by atoms with Crippen molar-refractivity contribution < 1.29 is 4.74 Å². The van der Waals surface area contributed by atoms with Crippen LogP contribution in [-0.4, -0.2) is 53.8 Å². The van der Waals surface area contributed by atoms with Gasteiger partial charge in [-0.3, -0.25) is 4.90 Å². The predicted octanol–water partition coefficient (Wildman–Crippen LogP) is 1.34. The molecule has 0 radical (unpaired) electrons. The quantitative estimate of drug-likeness (QED) is 0.884. The van der Waals surface area contributed by atoms with Gasteiger partial charge < -0.3 is 15.8 Å². The van der Waals surface area contributed by atoms with Crippen LogP contribution >= 0.6 is 0 Å². The van der Waals surface area contributed by atoms with E-state index in [2.05, 4.69) is 27.1 Å². The number of morpholine rings is 1. The van der Waals surface area contributed by atoms with Crippen LogP contribution in [0.15, 0.2) is 24.3 Å². The Morgan fingerprint density at radius 1 is 1.29 bits per heavy atom. The maximum absolute atomic E-state index is 5.80. The monoisotopic (exact) mass is 287 g/mol. The number of anilines is 2. The summed E-state index contributed by atoms with van der Waals surface area (Å²) in [5.41, 5.74) is 6.66. The lowest BCUT2D eigenvalue weighted by Crippen LogP contribution is -2.42. The van der Waals surface area contributed by atoms with Gasteiger partial charge in [0.25, 0.3) is 0 Å². The number of nitrogens with two attached hydrogens (primary N) is 1. The molecule has 1 unspecified atom stereocenters. The highest BCUT2D eigenvalue weighted by Crippen LogP contribution is 2.21. The zero-order valence-corrected chi connectivity index (χ0v) is 12.2. The van der Waals surface area contributed by atoms with Crippen molar-refractivity contribution in [2.24, 2.45) is 0 Å². The van der Waals surface area contributed by atoms with Gasteiger partial charge in [0.2, 0.25) is 5.95 Å². The average molecular weight is 287 g/mol. The molecule has 112 valence electrons. The molecule has 1 aliphatic heterocycles. The number of ether oxygens (including phenoxy) is 1. The Labute approximate surface area is 124 Å². The Balaban J connectivity index is 1.74. The minimum Gasteiger partial charge on any atom is -0.379 e. The lowest BCUT2D eigenvalue weighted by atomic mass is 10.2. The summed E-state index contributed by atoms with van der Waals surface area (Å²) in [5.74, 6) is 1.11. The second-order valence-corrected chi connectivity index (χ2v) is 5.41. The van der Waals surface area contributed by atoms with E-state index < -0.39 is 0 Å². The maximum Gasteiger partial charge on any atom is 0.222 e. The third-order valence-electron chi connectivity index (χ3n) is 3.64. The minimum absolute atomic E-state index is 0.279. The van der Waals surface area contributed by atoms with Crippen LogP contribution in [0.25, 0.3) is 10.9 Å². The van der Waals surface area contributed by atoms with E-state index in [1.807, 2.05) is 24.3 Å². The Morgan fingerprint density at radius 3 is 2.86 bits per heavy atom. The molecule has 0 aliphatic carbocycles. The van der Waals surface area contributed by atoms with Crippen LogP contribution in [-0.2, 0) is 4.74 Å². The molecule has 6 nitrogen and oxygen atoms in total. The van der Waals surface area contributed by atoms with Gasteiger partial charge in [0, 0.05) is 31.1 Å². The van der Waals surface area contributed by atoms with E-state index in [0.717, 1.165) is 49.6 Å². The van der Waals surface area contributed by atoms with Crippen LogP contribution in [0.3, 0.4) is 0 Å². The highest BCUT2D eigenvalue weighted by atomic mass is 16.5. The predicted molar refractivity (Wildman–Crippen MR) is 84.3 cm³/mol. The number of nitrogen functional groups attached to an aromatic ring is 1. The molecule has 0 saturated carbocycles. The molecule has 21 heavy (non-hydrogen) atoms. The molecular weight excluding hydrogens is 266 g/mol. The van der Waals surface area contributed by atoms with Crippen LogP contribution in [0, 0.1) is 0 Å². The van der Waals surface area contributed by atoms with E-state index >= 15 is 0 Å². The van der Waals surface area contributed by atoms with E-state index in [9.17, 15) is 0 Å². The van der Waals surface area contributed by atoms with Crippen molar-refractivity contribution in [3.05, 3.63) is 24.3 Å². The molecule has 0 bridgehead atoms. The third kappa shape index (κ3) is 3.40. The van der Waals surface area contributed by atoms with Crippen LogP contribution in [0.5, 0.6) is 0 Å². The number of nitrogens with zero attached hydrogens (tertiary/aromatic N) is 3. The molecule has 1 aromatic heterocycles. The van der Waals surface area contributed by atoms with E-state index in [4.69, 9.17) is 10.5 Å². The average Bonchev–Trinajstić information content (AvgIpc) is 2.48. The first-order valence-electron chi connectivity index (χ1n) is 7.31. The standard InChI is InChI=1S/C15H21N5O/c1-11(10-20-6-8-21-9-7-20)17-14-12-4-2-3-5-13(12)18-15(16)19-14/h2-5,11H,6-10H2,1H3,(H3,16,17,18,19). The number of hydrogen-bond donors (Lipinski definition) is 2. The van der Waals surface area contributed by atoms with Crippen LogP contribution < -0.4 is 11.1 Å². The number of para-hydroxylation sites is 1. The molecule has 6 heteroatoms. The first kappa shape index (κ1) is 14.0. The van der Waals surface area contributed by atoms with Crippen molar-refractivity contribution in [1.29, 1.82) is 0 Å². The molecule has 2 aromatic rings. The Hall–Kier alpha value is -1.92. The summed E-state index contributed by atoms with van der Waals surface area (Å²) in [7, 11) is 0. The number of rotatable bonds is 4. The number of aromatic nitrogens is 2. The van der Waals surface area contributed by atoms with Crippen molar-refractivity contribution in [1.82, 2.24) is 14.9 Å². The molecule has 1 fully saturated rings. The second-order valence-electron chi connectivity index (χ2n) is 5.41. The van der Waals surface area contributed by atoms with Gasteiger partial charge in [-0.2, -0.15) is 4.98 Å². The number of hydrogen-bond acceptors (Lipinski definition) is 6. The number of nitrogens with one attached hydrogen (secondary N) is 1. The molecule has 1 aliphatic rings. The van der Waals surface area contributed by atoms with Gasteiger partial charge in [0.15, 0.2) is 0 Å². The van der Waals surface area contributed by atoms with E-state index in [1.54, 1.807) is 0 Å². The van der Waals surface area contributed by atoms with Gasteiger partial charge in [-0.1, -0.05) is 12.1 Å². The molecule has 1 atom stereocenters. The lowest BCUT2D eigenvalue weighted by molar-refractivity contribution is 0.0368. The third-order valence-corrected chi connectivity index (χ3v) is 3.64. The lowest BCUT2D eigenvalue weighted by Gasteiger charge is -2.29. The normalized spacial score (nSPS) is 17.8. The van der Waals surface area contributed by atoms with Crippen LogP contribution in [0.1, 0.15) is 6.92 Å². The SMILES string of the molecule is CC(CN1CCOCC1)Nc1nc(N)nc2ccccc12. The van der Waals surface area contributed by atoms with Gasteiger partial charge >= 0.3 is 0 Å². The van der Waals surface area contributed by atoms with Gasteiger partial charge in [-0.15, -0.1) is 0 Å². The van der Waals surface area contributed by atoms with Crippen molar-refractivity contribution in [2.45, 2.75) is 13.0 Å². The largest absolute Gasteiger partial charge is 0.379 e. The zero-order valence-electron chi connectivity index (χ0n) is 12.2. The molecule has 0 amide bonds. The summed E-state index contributed by atoms with van der Waals surface area (Å²) < 4.78 is 5.37. The van der Waals surface area contributed by atoms with Crippen molar-refractivity contribution >= 4 is 22.7 Å². The fraction of sp³-hybridized carbons (Fsp3) is 0.467. The first-order chi connectivity index (χ1) is 10.2. The molecule has 0 spiro atoms. The van der Waals surface area contributed by atoms with E-state index in [-0.39, 0.29) is 6.04 Å². The topological polar surface area (TPSA) is 76.3 Å². The summed E-state index contributed by atoms with van der Waals surface area (Å²) in [6, 6.07) is 8.18. The van der Waals surface area contributed by atoms with Crippen molar-refractivity contribution in [3.8, 4) is 0 Å². The highest BCUT2D eigenvalue weighted by molar-refractivity contribution is 5.89. The molecule has 1 aromatic carbocycles. The number of benzene rings is 1. The Kier molecular flexibility index (Phi) is 4.17. The van der Waals surface area contributed by atoms with Gasteiger partial charge in [-0.05, 0) is 19.1 Å². The summed E-state index contributed by atoms with van der Waals surface area (Å²) in [6.45, 7) is 6.72. The van der Waals surface area contributed by atoms with Crippen molar-refractivity contribution in [2.75, 3.05) is 43.9 Å². The fourth-order valence-electron chi connectivity index (χ4n) is 2.65. The summed E-state index contributed by atoms with van der Waals surface area (Å²) in [4.78, 5) is 11.0. The van der Waals surface area contributed by atoms with E-state index in [1.165, 1.54) is 0 Å². The Bertz CT molecular complexity index is 612. The molecule has 3 rings (SSSR count). The fourth-order valence-corrected chi connectivity index (χ4v) is 2.65. The highest BCUT2D eigenvalue weighted by Gasteiger charge is 2.15. The summed E-state index contributed by atoms with van der Waals surface area (Å²) in [5, 5.41) is 4.46. The summed E-state index contributed by atoms with van der Waals surface area (Å²) in [6.07, 6.45) is 0. The Morgan fingerprint density at radius 2 is 2.05 bits per heavy atom. The maximum atomic E-state index is 5.80. The molecule has 1 saturated heterocycles. The first-order valence-corrected chi connectivity index (χ1v) is 7.31. The van der Waals surface area contributed by atoms with Crippen LogP contribution in [0.2, 0.25) is 0 Å². The summed E-state index contributed by atoms with van der Waals surface area (Å²) >= 11 is 0. The van der Waals surface area contributed by atoms with Crippen LogP contribution in [0.4, 0.5) is 11.8 Å². The smallest absolute Gasteiger partial charge is 0.222 e. The van der Waals surface area contributed by atoms with Gasteiger partial charge in [0.05, 0.1) is 18.7 Å². The molecule has 3 N–H and O–H groups in total. The minimum atomic E-state index is 0.279. The van der Waals surface area contributed by atoms with Gasteiger partial charge in [-0.25, -0.2) is 4.98 Å². The van der Waals surface area contributed by atoms with E-state index in [0.29, 0.717) is 5.95 Å². The molecular formula is C15H21N5O.